The molecule has 29 heavy (non-hydrogen) atoms. The Morgan fingerprint density at radius 3 is 3.03 bits per heavy atom. The lowest BCUT2D eigenvalue weighted by atomic mass is 9.98. The number of carbonyl (C=O) groups excluding carboxylic acids is 1. The highest BCUT2D eigenvalue weighted by Gasteiger charge is 2.36. The molecule has 1 saturated heterocycles. The topological polar surface area (TPSA) is 89.5 Å². The fourth-order valence-corrected chi connectivity index (χ4v) is 3.75. The van der Waals surface area contributed by atoms with Crippen molar-refractivity contribution in [2.24, 2.45) is 0 Å². The molecule has 0 amide bonds. The number of furan rings is 1. The number of oxazole rings is 1. The number of nitrogens with zero attached hydrogens (tertiary/aromatic N) is 1. The van der Waals surface area contributed by atoms with Crippen molar-refractivity contribution in [3.63, 3.8) is 0 Å². The predicted molar refractivity (Wildman–Crippen MR) is 110 cm³/mol. The first-order valence-corrected chi connectivity index (χ1v) is 10.3. The summed E-state index contributed by atoms with van der Waals surface area (Å²) in [5.41, 5.74) is 2.77. The molecule has 154 valence electrons. The van der Waals surface area contributed by atoms with E-state index in [4.69, 9.17) is 25.2 Å². The van der Waals surface area contributed by atoms with Crippen LogP contribution in [0.5, 0.6) is 0 Å². The van der Waals surface area contributed by atoms with Crippen LogP contribution in [0.25, 0.3) is 22.2 Å². The van der Waals surface area contributed by atoms with E-state index in [0.717, 1.165) is 37.1 Å². The molecule has 4 rings (SSSR count). The van der Waals surface area contributed by atoms with Crippen LogP contribution in [-0.4, -0.2) is 43.2 Å². The van der Waals surface area contributed by atoms with Gasteiger partial charge in [0.2, 0.25) is 5.89 Å². The number of piperazine rings is 1. The lowest BCUT2D eigenvalue weighted by molar-refractivity contribution is -0.147. The molecule has 0 spiro atoms. The SMILES string of the molecule is CCCCOC(=O)C(c1nc2cc(Cl)cc(-c3ccoc3)c2o1)C1CNCCN1. The van der Waals surface area contributed by atoms with Crippen LogP contribution in [0, 0.1) is 0 Å². The van der Waals surface area contributed by atoms with Gasteiger partial charge in [0.15, 0.2) is 5.58 Å². The van der Waals surface area contributed by atoms with Crippen LogP contribution < -0.4 is 10.6 Å². The minimum atomic E-state index is -0.650. The lowest BCUT2D eigenvalue weighted by Gasteiger charge is -2.28. The summed E-state index contributed by atoms with van der Waals surface area (Å²) in [5, 5.41) is 7.23. The molecule has 1 fully saturated rings. The Balaban J connectivity index is 1.73. The van der Waals surface area contributed by atoms with E-state index in [1.807, 2.05) is 6.07 Å². The number of carbonyl (C=O) groups is 1. The number of halogens is 1. The Bertz CT molecular complexity index is 964. The summed E-state index contributed by atoms with van der Waals surface area (Å²) in [6.45, 7) is 4.68. The van der Waals surface area contributed by atoms with Crippen molar-refractivity contribution in [2.75, 3.05) is 26.2 Å². The molecule has 1 aromatic carbocycles. The zero-order chi connectivity index (χ0) is 20.2. The molecule has 1 aliphatic heterocycles. The molecule has 2 aromatic heterocycles. The molecule has 2 N–H and O–H groups in total. The maximum absolute atomic E-state index is 12.9. The summed E-state index contributed by atoms with van der Waals surface area (Å²) in [4.78, 5) is 17.6. The maximum atomic E-state index is 12.9. The number of nitrogens with one attached hydrogen (secondary N) is 2. The van der Waals surface area contributed by atoms with Gasteiger partial charge in [-0.2, -0.15) is 0 Å². The van der Waals surface area contributed by atoms with Gasteiger partial charge < -0.3 is 24.2 Å². The lowest BCUT2D eigenvalue weighted by Crippen LogP contribution is -2.53. The molecule has 8 heteroatoms. The first kappa shape index (κ1) is 19.9. The van der Waals surface area contributed by atoms with Gasteiger partial charge in [0.1, 0.15) is 11.4 Å². The Morgan fingerprint density at radius 1 is 1.41 bits per heavy atom. The highest BCUT2D eigenvalue weighted by molar-refractivity contribution is 6.31. The molecule has 0 radical (unpaired) electrons. The molecule has 2 unspecified atom stereocenters. The van der Waals surface area contributed by atoms with E-state index in [2.05, 4.69) is 22.5 Å². The standard InChI is InChI=1S/C21H24ClN3O4/c1-2-3-7-28-21(26)18(17-11-23-5-6-24-17)20-25-16-10-14(22)9-15(19(16)29-20)13-4-8-27-12-13/h4,8-10,12,17-18,23-24H,2-3,5-7,11H2,1H3. The van der Waals surface area contributed by atoms with Crippen molar-refractivity contribution >= 4 is 28.7 Å². The van der Waals surface area contributed by atoms with Crippen molar-refractivity contribution in [1.29, 1.82) is 0 Å². The summed E-state index contributed by atoms with van der Waals surface area (Å²) in [6, 6.07) is 5.20. The highest BCUT2D eigenvalue weighted by Crippen LogP contribution is 2.35. The highest BCUT2D eigenvalue weighted by atomic mass is 35.5. The molecular weight excluding hydrogens is 394 g/mol. The number of ether oxygens (including phenoxy) is 1. The second-order valence-electron chi connectivity index (χ2n) is 7.13. The zero-order valence-corrected chi connectivity index (χ0v) is 17.0. The van der Waals surface area contributed by atoms with Crippen molar-refractivity contribution < 1.29 is 18.4 Å². The van der Waals surface area contributed by atoms with Crippen LogP contribution >= 0.6 is 11.6 Å². The van der Waals surface area contributed by atoms with Crippen LogP contribution in [0.2, 0.25) is 5.02 Å². The Labute approximate surface area is 173 Å². The number of hydrogen-bond donors (Lipinski definition) is 2. The number of hydrogen-bond acceptors (Lipinski definition) is 7. The number of fused-ring (bicyclic) bond motifs is 1. The number of unbranched alkanes of at least 4 members (excludes halogenated alkanes) is 1. The van der Waals surface area contributed by atoms with Gasteiger partial charge in [-0.05, 0) is 24.6 Å². The van der Waals surface area contributed by atoms with Crippen LogP contribution in [-0.2, 0) is 9.53 Å². The fourth-order valence-electron chi connectivity index (χ4n) is 3.54. The molecule has 3 heterocycles. The number of aromatic nitrogens is 1. The molecule has 7 nitrogen and oxygen atoms in total. The summed E-state index contributed by atoms with van der Waals surface area (Å²) in [6.07, 6.45) is 4.99. The third-order valence-electron chi connectivity index (χ3n) is 5.04. The van der Waals surface area contributed by atoms with Crippen LogP contribution in [0.4, 0.5) is 0 Å². The fraction of sp³-hybridized carbons (Fsp3) is 0.429. The third-order valence-corrected chi connectivity index (χ3v) is 5.26. The average molecular weight is 418 g/mol. The third kappa shape index (κ3) is 4.32. The van der Waals surface area contributed by atoms with Gasteiger partial charge in [0, 0.05) is 41.8 Å². The number of rotatable bonds is 7. The monoisotopic (exact) mass is 417 g/mol. The van der Waals surface area contributed by atoms with Crippen LogP contribution in [0.15, 0.2) is 39.6 Å². The van der Waals surface area contributed by atoms with Crippen LogP contribution in [0.1, 0.15) is 31.6 Å². The molecule has 1 aliphatic rings. The van der Waals surface area contributed by atoms with E-state index in [0.29, 0.717) is 35.2 Å². The summed E-state index contributed by atoms with van der Waals surface area (Å²) < 4.78 is 16.9. The Hall–Kier alpha value is -2.35. The smallest absolute Gasteiger partial charge is 0.320 e. The largest absolute Gasteiger partial charge is 0.472 e. The van der Waals surface area contributed by atoms with Gasteiger partial charge in [0.05, 0.1) is 19.1 Å². The predicted octanol–water partition coefficient (Wildman–Crippen LogP) is 3.73. The van der Waals surface area contributed by atoms with Crippen molar-refractivity contribution in [3.05, 3.63) is 41.6 Å². The Morgan fingerprint density at radius 2 is 2.31 bits per heavy atom. The summed E-state index contributed by atoms with van der Waals surface area (Å²) in [5.74, 6) is -0.653. The first-order chi connectivity index (χ1) is 14.2. The van der Waals surface area contributed by atoms with Gasteiger partial charge in [-0.25, -0.2) is 4.98 Å². The van der Waals surface area contributed by atoms with E-state index in [9.17, 15) is 4.79 Å². The minimum Gasteiger partial charge on any atom is -0.472 e. The van der Waals surface area contributed by atoms with Crippen LogP contribution in [0.3, 0.4) is 0 Å². The molecular formula is C21H24ClN3O4. The van der Waals surface area contributed by atoms with E-state index >= 15 is 0 Å². The normalized spacial score (nSPS) is 18.1. The van der Waals surface area contributed by atoms with E-state index < -0.39 is 5.92 Å². The average Bonchev–Trinajstić information content (AvgIpc) is 3.38. The van der Waals surface area contributed by atoms with Crippen molar-refractivity contribution in [1.82, 2.24) is 15.6 Å². The quantitative estimate of drug-likeness (QED) is 0.447. The molecule has 3 aromatic rings. The minimum absolute atomic E-state index is 0.168. The first-order valence-electron chi connectivity index (χ1n) is 9.90. The summed E-state index contributed by atoms with van der Waals surface area (Å²) >= 11 is 6.30. The molecule has 0 saturated carbocycles. The second kappa shape index (κ2) is 8.98. The van der Waals surface area contributed by atoms with Gasteiger partial charge in [-0.15, -0.1) is 0 Å². The Kier molecular flexibility index (Phi) is 6.18. The molecule has 0 aliphatic carbocycles. The van der Waals surface area contributed by atoms with Gasteiger partial charge in [-0.1, -0.05) is 24.9 Å². The second-order valence-corrected chi connectivity index (χ2v) is 7.57. The van der Waals surface area contributed by atoms with E-state index in [1.165, 1.54) is 0 Å². The van der Waals surface area contributed by atoms with E-state index in [1.54, 1.807) is 24.7 Å². The van der Waals surface area contributed by atoms with Gasteiger partial charge in [0.25, 0.3) is 0 Å². The van der Waals surface area contributed by atoms with Crippen molar-refractivity contribution in [3.8, 4) is 11.1 Å². The molecule has 0 bridgehead atoms. The van der Waals surface area contributed by atoms with Crippen molar-refractivity contribution in [2.45, 2.75) is 31.7 Å². The summed E-state index contributed by atoms with van der Waals surface area (Å²) in [7, 11) is 0. The molecule has 2 atom stereocenters. The van der Waals surface area contributed by atoms with Gasteiger partial charge >= 0.3 is 5.97 Å². The maximum Gasteiger partial charge on any atom is 0.320 e. The number of benzene rings is 1. The number of esters is 1. The van der Waals surface area contributed by atoms with Gasteiger partial charge in [-0.3, -0.25) is 4.79 Å². The zero-order valence-electron chi connectivity index (χ0n) is 16.2. The van der Waals surface area contributed by atoms with E-state index in [-0.39, 0.29) is 12.0 Å².